The summed E-state index contributed by atoms with van der Waals surface area (Å²) in [5.74, 6) is 0. The SMILES string of the molecule is Cc1cc([N+](=O)[O-])c2[nH]c(Cl)c(C=O)c2c1. The number of H-pyrrole nitrogens is 1. The number of nitro benzene ring substituents is 1. The summed E-state index contributed by atoms with van der Waals surface area (Å²) in [4.78, 5) is 23.8. The zero-order valence-electron chi connectivity index (χ0n) is 8.28. The first-order valence-corrected chi connectivity index (χ1v) is 4.83. The fraction of sp³-hybridized carbons (Fsp3) is 0.100. The van der Waals surface area contributed by atoms with E-state index in [1.807, 2.05) is 0 Å². The molecule has 0 spiro atoms. The van der Waals surface area contributed by atoms with E-state index in [-0.39, 0.29) is 21.9 Å². The minimum absolute atomic E-state index is 0.0787. The Bertz CT molecular complexity index is 604. The predicted molar refractivity (Wildman–Crippen MR) is 60.1 cm³/mol. The van der Waals surface area contributed by atoms with Gasteiger partial charge in [-0.15, -0.1) is 0 Å². The number of carbonyl (C=O) groups excluding carboxylic acids is 1. The summed E-state index contributed by atoms with van der Waals surface area (Å²) < 4.78 is 0. The molecule has 82 valence electrons. The quantitative estimate of drug-likeness (QED) is 0.496. The number of carbonyl (C=O) groups is 1. The largest absolute Gasteiger partial charge is 0.339 e. The number of rotatable bonds is 2. The second-order valence-corrected chi connectivity index (χ2v) is 3.81. The van der Waals surface area contributed by atoms with Gasteiger partial charge in [-0.05, 0) is 18.6 Å². The third kappa shape index (κ3) is 1.45. The summed E-state index contributed by atoms with van der Waals surface area (Å²) in [6, 6.07) is 3.12. The number of fused-ring (bicyclic) bond motifs is 1. The first kappa shape index (κ1) is 10.6. The molecule has 0 aliphatic carbocycles. The maximum absolute atomic E-state index is 10.8. The number of benzene rings is 1. The van der Waals surface area contributed by atoms with Crippen LogP contribution in [0.2, 0.25) is 5.15 Å². The van der Waals surface area contributed by atoms with Crippen LogP contribution in [0.25, 0.3) is 10.9 Å². The molecule has 2 rings (SSSR count). The standard InChI is InChI=1S/C10H7ClN2O3/c1-5-2-6-7(4-14)10(11)12-9(6)8(3-5)13(15)16/h2-4,12H,1H3. The van der Waals surface area contributed by atoms with Crippen LogP contribution in [0.15, 0.2) is 12.1 Å². The van der Waals surface area contributed by atoms with Gasteiger partial charge in [0.15, 0.2) is 6.29 Å². The number of nitrogens with one attached hydrogen (secondary N) is 1. The van der Waals surface area contributed by atoms with Crippen molar-refractivity contribution in [1.82, 2.24) is 4.98 Å². The number of nitrogens with zero attached hydrogens (tertiary/aromatic N) is 1. The van der Waals surface area contributed by atoms with Crippen LogP contribution in [0.1, 0.15) is 15.9 Å². The summed E-state index contributed by atoms with van der Waals surface area (Å²) >= 11 is 5.79. The van der Waals surface area contributed by atoms with Crippen LogP contribution in [0.5, 0.6) is 0 Å². The second-order valence-electron chi connectivity index (χ2n) is 3.43. The van der Waals surface area contributed by atoms with Crippen molar-refractivity contribution in [2.24, 2.45) is 0 Å². The average molecular weight is 239 g/mol. The minimum Gasteiger partial charge on any atom is -0.339 e. The van der Waals surface area contributed by atoms with Crippen LogP contribution >= 0.6 is 11.6 Å². The van der Waals surface area contributed by atoms with E-state index >= 15 is 0 Å². The number of aryl methyl sites for hydroxylation is 1. The van der Waals surface area contributed by atoms with Gasteiger partial charge >= 0.3 is 0 Å². The molecule has 0 saturated carbocycles. The van der Waals surface area contributed by atoms with Crippen molar-refractivity contribution in [1.29, 1.82) is 0 Å². The molecule has 0 amide bonds. The van der Waals surface area contributed by atoms with E-state index < -0.39 is 4.92 Å². The molecule has 0 unspecified atom stereocenters. The number of non-ortho nitro benzene ring substituents is 1. The molecular weight excluding hydrogens is 232 g/mol. The van der Waals surface area contributed by atoms with Gasteiger partial charge in [0.05, 0.1) is 10.5 Å². The molecule has 0 radical (unpaired) electrons. The van der Waals surface area contributed by atoms with Crippen LogP contribution in [0, 0.1) is 17.0 Å². The normalized spacial score (nSPS) is 10.6. The molecule has 2 aromatic rings. The van der Waals surface area contributed by atoms with E-state index in [2.05, 4.69) is 4.98 Å². The molecule has 6 heteroatoms. The highest BCUT2D eigenvalue weighted by Crippen LogP contribution is 2.32. The van der Waals surface area contributed by atoms with Gasteiger partial charge in [-0.3, -0.25) is 14.9 Å². The van der Waals surface area contributed by atoms with E-state index in [1.165, 1.54) is 6.07 Å². The fourth-order valence-electron chi connectivity index (χ4n) is 1.67. The van der Waals surface area contributed by atoms with Crippen LogP contribution in [0.4, 0.5) is 5.69 Å². The van der Waals surface area contributed by atoms with Crippen molar-refractivity contribution in [3.8, 4) is 0 Å². The highest BCUT2D eigenvalue weighted by Gasteiger charge is 2.19. The molecule has 0 fully saturated rings. The van der Waals surface area contributed by atoms with Gasteiger partial charge < -0.3 is 4.98 Å². The molecule has 0 atom stereocenters. The molecule has 0 aliphatic heterocycles. The van der Waals surface area contributed by atoms with E-state index in [0.717, 1.165) is 0 Å². The summed E-state index contributed by atoms with van der Waals surface area (Å²) in [7, 11) is 0. The summed E-state index contributed by atoms with van der Waals surface area (Å²) in [6.45, 7) is 1.72. The molecular formula is C10H7ClN2O3. The van der Waals surface area contributed by atoms with Gasteiger partial charge in [0.1, 0.15) is 10.7 Å². The number of aromatic nitrogens is 1. The van der Waals surface area contributed by atoms with Gasteiger partial charge in [0.25, 0.3) is 5.69 Å². The molecule has 0 saturated heterocycles. The van der Waals surface area contributed by atoms with Crippen LogP contribution in [-0.4, -0.2) is 16.2 Å². The number of hydrogen-bond acceptors (Lipinski definition) is 3. The van der Waals surface area contributed by atoms with E-state index in [4.69, 9.17) is 11.6 Å². The van der Waals surface area contributed by atoms with Crippen molar-refractivity contribution < 1.29 is 9.72 Å². The molecule has 1 aromatic carbocycles. The predicted octanol–water partition coefficient (Wildman–Crippen LogP) is 2.85. The Labute approximate surface area is 95.2 Å². The van der Waals surface area contributed by atoms with Crippen LogP contribution in [0.3, 0.4) is 0 Å². The molecule has 0 aliphatic rings. The van der Waals surface area contributed by atoms with Crippen molar-refractivity contribution >= 4 is 34.5 Å². The van der Waals surface area contributed by atoms with Crippen molar-refractivity contribution in [3.05, 3.63) is 38.5 Å². The Morgan fingerprint density at radius 1 is 1.50 bits per heavy atom. The van der Waals surface area contributed by atoms with Gasteiger partial charge in [-0.1, -0.05) is 11.6 Å². The Hall–Kier alpha value is -1.88. The van der Waals surface area contributed by atoms with Gasteiger partial charge in [0, 0.05) is 11.5 Å². The van der Waals surface area contributed by atoms with Crippen molar-refractivity contribution in [2.75, 3.05) is 0 Å². The molecule has 0 bridgehead atoms. The average Bonchev–Trinajstić information content (AvgIpc) is 2.52. The molecule has 1 N–H and O–H groups in total. The van der Waals surface area contributed by atoms with Gasteiger partial charge in [0.2, 0.25) is 0 Å². The summed E-state index contributed by atoms with van der Waals surface area (Å²) in [5.41, 5.74) is 1.16. The topological polar surface area (TPSA) is 76.0 Å². The Morgan fingerprint density at radius 2 is 2.19 bits per heavy atom. The number of nitro groups is 1. The molecule has 16 heavy (non-hydrogen) atoms. The van der Waals surface area contributed by atoms with Crippen molar-refractivity contribution in [3.63, 3.8) is 0 Å². The smallest absolute Gasteiger partial charge is 0.293 e. The summed E-state index contributed by atoms with van der Waals surface area (Å²) in [6.07, 6.45) is 0.588. The lowest BCUT2D eigenvalue weighted by Crippen LogP contribution is -1.90. The number of aromatic amines is 1. The lowest BCUT2D eigenvalue weighted by Gasteiger charge is -1.96. The van der Waals surface area contributed by atoms with Gasteiger partial charge in [-0.25, -0.2) is 0 Å². The number of hydrogen-bond donors (Lipinski definition) is 1. The van der Waals surface area contributed by atoms with Crippen LogP contribution < -0.4 is 0 Å². The second kappa shape index (κ2) is 3.61. The molecule has 1 heterocycles. The van der Waals surface area contributed by atoms with E-state index in [1.54, 1.807) is 13.0 Å². The number of halogens is 1. The van der Waals surface area contributed by atoms with Crippen LogP contribution in [-0.2, 0) is 0 Å². The lowest BCUT2D eigenvalue weighted by atomic mass is 10.1. The third-order valence-corrected chi connectivity index (χ3v) is 2.64. The van der Waals surface area contributed by atoms with Gasteiger partial charge in [-0.2, -0.15) is 0 Å². The zero-order valence-corrected chi connectivity index (χ0v) is 9.04. The Morgan fingerprint density at radius 3 is 2.75 bits per heavy atom. The first-order chi connectivity index (χ1) is 7.54. The zero-order chi connectivity index (χ0) is 11.9. The van der Waals surface area contributed by atoms with Crippen molar-refractivity contribution in [2.45, 2.75) is 6.92 Å². The van der Waals surface area contributed by atoms with E-state index in [9.17, 15) is 14.9 Å². The fourth-order valence-corrected chi connectivity index (χ4v) is 1.91. The number of aldehydes is 1. The summed E-state index contributed by atoms with van der Waals surface area (Å²) in [5, 5.41) is 11.4. The Kier molecular flexibility index (Phi) is 2.40. The minimum atomic E-state index is -0.503. The third-order valence-electron chi connectivity index (χ3n) is 2.34. The monoisotopic (exact) mass is 238 g/mol. The lowest BCUT2D eigenvalue weighted by molar-refractivity contribution is -0.383. The highest BCUT2D eigenvalue weighted by atomic mass is 35.5. The maximum atomic E-state index is 10.8. The Balaban J connectivity index is 2.94. The molecule has 1 aromatic heterocycles. The molecule has 5 nitrogen and oxygen atoms in total. The maximum Gasteiger partial charge on any atom is 0.293 e. The van der Waals surface area contributed by atoms with E-state index in [0.29, 0.717) is 17.2 Å². The first-order valence-electron chi connectivity index (χ1n) is 4.46. The highest BCUT2D eigenvalue weighted by molar-refractivity contribution is 6.34.